The van der Waals surface area contributed by atoms with Gasteiger partial charge < -0.3 is 4.74 Å². The SMILES string of the molecule is COC(C)C(C)OS(C)(=O)=O. The Labute approximate surface area is 67.6 Å². The summed E-state index contributed by atoms with van der Waals surface area (Å²) in [5.74, 6) is 0. The molecule has 0 fully saturated rings. The van der Waals surface area contributed by atoms with Crippen molar-refractivity contribution in [3.63, 3.8) is 0 Å². The van der Waals surface area contributed by atoms with Crippen LogP contribution in [0.15, 0.2) is 0 Å². The average molecular weight is 182 g/mol. The van der Waals surface area contributed by atoms with E-state index in [0.717, 1.165) is 6.26 Å². The van der Waals surface area contributed by atoms with E-state index in [4.69, 9.17) is 4.74 Å². The lowest BCUT2D eigenvalue weighted by Crippen LogP contribution is -2.27. The average Bonchev–Trinajstić information content (AvgIpc) is 1.82. The minimum absolute atomic E-state index is 0.218. The Balaban J connectivity index is 3.98. The molecule has 0 aromatic rings. The summed E-state index contributed by atoms with van der Waals surface area (Å²) in [5.41, 5.74) is 0. The van der Waals surface area contributed by atoms with Gasteiger partial charge in [0.2, 0.25) is 0 Å². The quantitative estimate of drug-likeness (QED) is 0.590. The molecule has 0 aliphatic carbocycles. The molecule has 2 atom stereocenters. The molecule has 0 radical (unpaired) electrons. The maximum absolute atomic E-state index is 10.6. The first-order chi connectivity index (χ1) is 4.87. The van der Waals surface area contributed by atoms with Gasteiger partial charge in [-0.3, -0.25) is 4.18 Å². The van der Waals surface area contributed by atoms with Crippen molar-refractivity contribution < 1.29 is 17.3 Å². The fraction of sp³-hybridized carbons (Fsp3) is 1.00. The van der Waals surface area contributed by atoms with E-state index >= 15 is 0 Å². The van der Waals surface area contributed by atoms with Crippen LogP contribution in [0.1, 0.15) is 13.8 Å². The first-order valence-electron chi connectivity index (χ1n) is 3.28. The number of methoxy groups -OCH3 is 1. The van der Waals surface area contributed by atoms with E-state index in [1.54, 1.807) is 13.8 Å². The number of ether oxygens (including phenoxy) is 1. The van der Waals surface area contributed by atoms with Crippen molar-refractivity contribution >= 4 is 10.1 Å². The molecule has 0 saturated carbocycles. The molecule has 0 bridgehead atoms. The first kappa shape index (κ1) is 10.9. The minimum atomic E-state index is -3.36. The molecule has 0 rings (SSSR count). The summed E-state index contributed by atoms with van der Waals surface area (Å²) in [4.78, 5) is 0. The summed E-state index contributed by atoms with van der Waals surface area (Å²) >= 11 is 0. The highest BCUT2D eigenvalue weighted by atomic mass is 32.2. The number of hydrogen-bond acceptors (Lipinski definition) is 4. The molecule has 0 spiro atoms. The van der Waals surface area contributed by atoms with Crippen molar-refractivity contribution in [1.82, 2.24) is 0 Å². The van der Waals surface area contributed by atoms with E-state index in [-0.39, 0.29) is 6.10 Å². The highest BCUT2D eigenvalue weighted by Crippen LogP contribution is 2.04. The van der Waals surface area contributed by atoms with Crippen LogP contribution in [0.5, 0.6) is 0 Å². The van der Waals surface area contributed by atoms with Gasteiger partial charge in [-0.15, -0.1) is 0 Å². The molecule has 0 aliphatic rings. The first-order valence-corrected chi connectivity index (χ1v) is 5.09. The van der Waals surface area contributed by atoms with Crippen LogP contribution < -0.4 is 0 Å². The second kappa shape index (κ2) is 4.04. The molecule has 2 unspecified atom stereocenters. The van der Waals surface area contributed by atoms with Gasteiger partial charge in [0.25, 0.3) is 10.1 Å². The van der Waals surface area contributed by atoms with Gasteiger partial charge in [0.15, 0.2) is 0 Å². The predicted octanol–water partition coefficient (Wildman–Crippen LogP) is 0.386. The maximum Gasteiger partial charge on any atom is 0.264 e. The molecule has 0 aromatic heterocycles. The molecule has 0 aliphatic heterocycles. The fourth-order valence-electron chi connectivity index (χ4n) is 0.546. The van der Waals surface area contributed by atoms with E-state index < -0.39 is 16.2 Å². The zero-order valence-corrected chi connectivity index (χ0v) is 8.01. The van der Waals surface area contributed by atoms with Gasteiger partial charge in [0.1, 0.15) is 6.10 Å². The topological polar surface area (TPSA) is 52.6 Å². The van der Waals surface area contributed by atoms with Crippen LogP contribution in [0.4, 0.5) is 0 Å². The summed E-state index contributed by atoms with van der Waals surface area (Å²) in [6.07, 6.45) is 0.367. The molecule has 11 heavy (non-hydrogen) atoms. The van der Waals surface area contributed by atoms with E-state index in [1.165, 1.54) is 7.11 Å². The molecule has 5 heteroatoms. The van der Waals surface area contributed by atoms with Gasteiger partial charge in [-0.25, -0.2) is 0 Å². The third-order valence-corrected chi connectivity index (χ3v) is 2.01. The molecule has 0 heterocycles. The van der Waals surface area contributed by atoms with Crippen molar-refractivity contribution in [3.05, 3.63) is 0 Å². The summed E-state index contributed by atoms with van der Waals surface area (Å²) in [6.45, 7) is 3.39. The highest BCUT2D eigenvalue weighted by Gasteiger charge is 2.16. The molecule has 0 amide bonds. The van der Waals surface area contributed by atoms with Crippen LogP contribution >= 0.6 is 0 Å². The Bertz CT molecular complexity index is 197. The molecule has 0 saturated heterocycles. The van der Waals surface area contributed by atoms with Crippen molar-refractivity contribution in [2.24, 2.45) is 0 Å². The van der Waals surface area contributed by atoms with Crippen molar-refractivity contribution in [3.8, 4) is 0 Å². The standard InChI is InChI=1S/C6H14O4S/c1-5(9-3)6(2)10-11(4,7)8/h5-6H,1-4H3. The van der Waals surface area contributed by atoms with Crippen LogP contribution in [0.2, 0.25) is 0 Å². The van der Waals surface area contributed by atoms with Crippen molar-refractivity contribution in [1.29, 1.82) is 0 Å². The van der Waals surface area contributed by atoms with Gasteiger partial charge in [0.05, 0.1) is 12.4 Å². The van der Waals surface area contributed by atoms with Crippen LogP contribution in [0.25, 0.3) is 0 Å². The van der Waals surface area contributed by atoms with Gasteiger partial charge in [-0.1, -0.05) is 0 Å². The third kappa shape index (κ3) is 5.17. The van der Waals surface area contributed by atoms with E-state index in [0.29, 0.717) is 0 Å². The summed E-state index contributed by atoms with van der Waals surface area (Å²) in [5, 5.41) is 0. The zero-order valence-electron chi connectivity index (χ0n) is 7.20. The number of rotatable bonds is 4. The zero-order chi connectivity index (χ0) is 9.07. The monoisotopic (exact) mass is 182 g/mol. The van der Waals surface area contributed by atoms with Gasteiger partial charge in [-0.05, 0) is 13.8 Å². The smallest absolute Gasteiger partial charge is 0.264 e. The Kier molecular flexibility index (Phi) is 3.99. The van der Waals surface area contributed by atoms with Crippen LogP contribution in [-0.4, -0.2) is 34.0 Å². The second-order valence-corrected chi connectivity index (χ2v) is 4.05. The minimum Gasteiger partial charge on any atom is -0.379 e. The normalized spacial score (nSPS) is 17.8. The highest BCUT2D eigenvalue weighted by molar-refractivity contribution is 7.86. The molecular weight excluding hydrogens is 168 g/mol. The largest absolute Gasteiger partial charge is 0.379 e. The van der Waals surface area contributed by atoms with Crippen LogP contribution in [0, 0.1) is 0 Å². The lowest BCUT2D eigenvalue weighted by Gasteiger charge is -2.16. The summed E-state index contributed by atoms with van der Waals surface area (Å²) in [7, 11) is -1.85. The van der Waals surface area contributed by atoms with Crippen LogP contribution in [-0.2, 0) is 19.0 Å². The lowest BCUT2D eigenvalue weighted by atomic mass is 10.3. The van der Waals surface area contributed by atoms with E-state index in [1.807, 2.05) is 0 Å². The Hall–Kier alpha value is -0.130. The predicted molar refractivity (Wildman–Crippen MR) is 41.9 cm³/mol. The molecular formula is C6H14O4S. The number of hydrogen-bond donors (Lipinski definition) is 0. The van der Waals surface area contributed by atoms with Gasteiger partial charge in [-0.2, -0.15) is 8.42 Å². The maximum atomic E-state index is 10.6. The van der Waals surface area contributed by atoms with E-state index in [2.05, 4.69) is 4.18 Å². The Morgan fingerprint density at radius 3 is 1.91 bits per heavy atom. The third-order valence-electron chi connectivity index (χ3n) is 1.36. The van der Waals surface area contributed by atoms with Crippen molar-refractivity contribution in [2.45, 2.75) is 26.1 Å². The molecule has 68 valence electrons. The molecule has 0 aromatic carbocycles. The summed E-state index contributed by atoms with van der Waals surface area (Å²) < 4.78 is 30.7. The Morgan fingerprint density at radius 1 is 1.18 bits per heavy atom. The van der Waals surface area contributed by atoms with Crippen molar-refractivity contribution in [2.75, 3.05) is 13.4 Å². The second-order valence-electron chi connectivity index (χ2n) is 2.45. The van der Waals surface area contributed by atoms with Crippen LogP contribution in [0.3, 0.4) is 0 Å². The lowest BCUT2D eigenvalue weighted by molar-refractivity contribution is 0.0268. The molecule has 0 N–H and O–H groups in total. The van der Waals surface area contributed by atoms with Gasteiger partial charge in [0, 0.05) is 7.11 Å². The summed E-state index contributed by atoms with van der Waals surface area (Å²) in [6, 6.07) is 0. The van der Waals surface area contributed by atoms with E-state index in [9.17, 15) is 8.42 Å². The molecule has 4 nitrogen and oxygen atoms in total. The Morgan fingerprint density at radius 2 is 1.64 bits per heavy atom. The van der Waals surface area contributed by atoms with Gasteiger partial charge >= 0.3 is 0 Å². The fourth-order valence-corrected chi connectivity index (χ4v) is 1.25.